The first-order chi connectivity index (χ1) is 20.8. The maximum Gasteiger partial charge on any atom is 0.187 e. The first kappa shape index (κ1) is 35.4. The second-order valence-corrected chi connectivity index (χ2v) is 17.3. The molecule has 1 saturated heterocycles. The van der Waals surface area contributed by atoms with E-state index in [1.165, 1.54) is 0 Å². The van der Waals surface area contributed by atoms with Crippen LogP contribution in [0.25, 0.3) is 0 Å². The Hall–Kier alpha value is -0.910. The SMILES string of the molecule is CC(C)=CCC[C@](C)(O[C@H]1O[C@@H](CO)[C@H](O)[C@@H](O)[C@@H]1O)[C@@H]1CC[C@]2(C)[C@@H]1C(=O)C[C@@H]1[C@]3(C)CC[C@H](O)C(C)(C)[C@@H]3[C@H](O)C[C@@]12C. The molecule has 5 rings (SSSR count). The number of hydrogen-bond acceptors (Lipinski definition) is 9. The van der Waals surface area contributed by atoms with Gasteiger partial charge in [-0.1, -0.05) is 46.3 Å². The number of allylic oxidation sites excluding steroid dienone is 2. The lowest BCUT2D eigenvalue weighted by atomic mass is 9.34. The Morgan fingerprint density at radius 1 is 0.978 bits per heavy atom. The molecular weight excluding hydrogens is 576 g/mol. The number of hydrogen-bond donors (Lipinski definition) is 6. The van der Waals surface area contributed by atoms with E-state index in [1.807, 2.05) is 20.8 Å². The fourth-order valence-electron chi connectivity index (χ4n) is 11.7. The summed E-state index contributed by atoms with van der Waals surface area (Å²) in [5.41, 5.74) is -1.27. The molecule has 6 N–H and O–H groups in total. The van der Waals surface area contributed by atoms with Crippen LogP contribution in [0.2, 0.25) is 0 Å². The molecule has 0 radical (unpaired) electrons. The van der Waals surface area contributed by atoms with Gasteiger partial charge in [0, 0.05) is 12.3 Å². The molecule has 5 fully saturated rings. The van der Waals surface area contributed by atoms with Crippen LogP contribution < -0.4 is 0 Å². The van der Waals surface area contributed by atoms with Crippen molar-refractivity contribution in [1.29, 1.82) is 0 Å². The van der Waals surface area contributed by atoms with Crippen LogP contribution in [0.3, 0.4) is 0 Å². The van der Waals surface area contributed by atoms with Crippen molar-refractivity contribution < 1.29 is 44.9 Å². The second kappa shape index (κ2) is 11.9. The Balaban J connectivity index is 1.51. The number of carbonyl (C=O) groups excluding carboxylic acids is 1. The van der Waals surface area contributed by atoms with Crippen LogP contribution >= 0.6 is 0 Å². The summed E-state index contributed by atoms with van der Waals surface area (Å²) in [6, 6.07) is 0. The topological polar surface area (TPSA) is 157 Å². The van der Waals surface area contributed by atoms with Gasteiger partial charge in [0.1, 0.15) is 30.2 Å². The molecule has 1 aliphatic heterocycles. The number of ether oxygens (including phenoxy) is 2. The van der Waals surface area contributed by atoms with E-state index >= 15 is 0 Å². The summed E-state index contributed by atoms with van der Waals surface area (Å²) < 4.78 is 12.5. The van der Waals surface area contributed by atoms with E-state index in [1.54, 1.807) is 0 Å². The number of ketones is 1. The molecule has 0 unspecified atom stereocenters. The third kappa shape index (κ3) is 5.31. The molecule has 4 saturated carbocycles. The van der Waals surface area contributed by atoms with Gasteiger partial charge in [0.25, 0.3) is 0 Å². The van der Waals surface area contributed by atoms with Crippen molar-refractivity contribution in [2.24, 2.45) is 45.3 Å². The first-order valence-corrected chi connectivity index (χ1v) is 17.3. The van der Waals surface area contributed by atoms with E-state index < -0.39 is 66.0 Å². The van der Waals surface area contributed by atoms with Gasteiger partial charge in [-0.2, -0.15) is 0 Å². The molecule has 5 aliphatic rings. The van der Waals surface area contributed by atoms with Crippen molar-refractivity contribution in [3.8, 4) is 0 Å². The molecule has 9 nitrogen and oxygen atoms in total. The Morgan fingerprint density at radius 3 is 2.27 bits per heavy atom. The number of rotatable bonds is 7. The lowest BCUT2D eigenvalue weighted by molar-refractivity contribution is -0.333. The maximum absolute atomic E-state index is 14.6. The van der Waals surface area contributed by atoms with E-state index in [9.17, 15) is 35.4 Å². The number of aliphatic hydroxyl groups excluding tert-OH is 6. The highest BCUT2D eigenvalue weighted by Crippen LogP contribution is 2.75. The van der Waals surface area contributed by atoms with Crippen LogP contribution in [0.4, 0.5) is 0 Å². The van der Waals surface area contributed by atoms with Crippen LogP contribution in [0, 0.1) is 45.3 Å². The average Bonchev–Trinajstić information content (AvgIpc) is 3.33. The van der Waals surface area contributed by atoms with E-state index in [-0.39, 0.29) is 40.3 Å². The van der Waals surface area contributed by atoms with Gasteiger partial charge in [-0.3, -0.25) is 4.79 Å². The van der Waals surface area contributed by atoms with Crippen molar-refractivity contribution in [2.75, 3.05) is 6.61 Å². The maximum atomic E-state index is 14.6. The molecule has 0 bridgehead atoms. The normalized spacial score (nSPS) is 50.6. The zero-order valence-electron chi connectivity index (χ0n) is 28.7. The minimum Gasteiger partial charge on any atom is -0.394 e. The zero-order chi connectivity index (χ0) is 33.5. The summed E-state index contributed by atoms with van der Waals surface area (Å²) in [6.45, 7) is 16.4. The van der Waals surface area contributed by atoms with Gasteiger partial charge >= 0.3 is 0 Å². The van der Waals surface area contributed by atoms with E-state index in [0.29, 0.717) is 32.1 Å². The van der Waals surface area contributed by atoms with E-state index in [0.717, 1.165) is 24.8 Å². The quantitative estimate of drug-likeness (QED) is 0.230. The molecule has 4 aliphatic carbocycles. The highest BCUT2D eigenvalue weighted by molar-refractivity contribution is 5.84. The lowest BCUT2D eigenvalue weighted by Crippen LogP contribution is -2.69. The van der Waals surface area contributed by atoms with Crippen LogP contribution in [-0.4, -0.2) is 91.5 Å². The van der Waals surface area contributed by atoms with E-state index in [2.05, 4.69) is 40.7 Å². The summed E-state index contributed by atoms with van der Waals surface area (Å²) in [4.78, 5) is 14.6. The van der Waals surface area contributed by atoms with Gasteiger partial charge in [0.05, 0.1) is 24.4 Å². The van der Waals surface area contributed by atoms with Crippen molar-refractivity contribution in [3.63, 3.8) is 0 Å². The molecule has 0 aromatic carbocycles. The highest BCUT2D eigenvalue weighted by Gasteiger charge is 2.73. The van der Waals surface area contributed by atoms with Crippen LogP contribution in [0.15, 0.2) is 11.6 Å². The fraction of sp³-hybridized carbons (Fsp3) is 0.917. The van der Waals surface area contributed by atoms with Crippen LogP contribution in [0.5, 0.6) is 0 Å². The summed E-state index contributed by atoms with van der Waals surface area (Å²) in [5, 5.41) is 64.6. The predicted octanol–water partition coefficient (Wildman–Crippen LogP) is 3.50. The highest BCUT2D eigenvalue weighted by atomic mass is 16.7. The summed E-state index contributed by atoms with van der Waals surface area (Å²) in [7, 11) is 0. The Bertz CT molecular complexity index is 1150. The minimum atomic E-state index is -1.55. The minimum absolute atomic E-state index is 0.0703. The van der Waals surface area contributed by atoms with Gasteiger partial charge in [0.15, 0.2) is 6.29 Å². The largest absolute Gasteiger partial charge is 0.394 e. The Kier molecular flexibility index (Phi) is 9.36. The van der Waals surface area contributed by atoms with Crippen LogP contribution in [0.1, 0.15) is 107 Å². The van der Waals surface area contributed by atoms with Gasteiger partial charge in [-0.05, 0) is 105 Å². The molecule has 9 heteroatoms. The molecule has 258 valence electrons. The number of fused-ring (bicyclic) bond motifs is 5. The third-order valence-electron chi connectivity index (χ3n) is 14.2. The summed E-state index contributed by atoms with van der Waals surface area (Å²) >= 11 is 0. The Morgan fingerprint density at radius 2 is 1.64 bits per heavy atom. The van der Waals surface area contributed by atoms with Gasteiger partial charge in [-0.25, -0.2) is 0 Å². The molecule has 0 spiro atoms. The molecule has 0 aromatic rings. The average molecular weight is 637 g/mol. The number of aliphatic hydroxyl groups is 6. The summed E-state index contributed by atoms with van der Waals surface area (Å²) in [5.74, 6) is -0.372. The second-order valence-electron chi connectivity index (χ2n) is 17.3. The Labute approximate surface area is 269 Å². The van der Waals surface area contributed by atoms with Crippen molar-refractivity contribution in [3.05, 3.63) is 11.6 Å². The molecular formula is C36H60O9. The van der Waals surface area contributed by atoms with Crippen LogP contribution in [-0.2, 0) is 14.3 Å². The molecule has 15 atom stereocenters. The zero-order valence-corrected chi connectivity index (χ0v) is 28.7. The smallest absolute Gasteiger partial charge is 0.187 e. The predicted molar refractivity (Wildman–Crippen MR) is 169 cm³/mol. The monoisotopic (exact) mass is 636 g/mol. The lowest BCUT2D eigenvalue weighted by Gasteiger charge is -2.70. The van der Waals surface area contributed by atoms with Gasteiger partial charge < -0.3 is 40.1 Å². The van der Waals surface area contributed by atoms with E-state index in [4.69, 9.17) is 9.47 Å². The first-order valence-electron chi connectivity index (χ1n) is 17.3. The van der Waals surface area contributed by atoms with Crippen molar-refractivity contribution in [2.45, 2.75) is 155 Å². The molecule has 0 aromatic heterocycles. The van der Waals surface area contributed by atoms with Gasteiger partial charge in [0.2, 0.25) is 0 Å². The number of Topliss-reactive ketones (excluding diaryl/α,β-unsaturated/α-hetero) is 1. The standard InChI is InChI=1S/C36H60O9/c1-19(2)10-9-13-36(8,45-31-29(43)28(42)27(41)23(18-37)44-31)20-11-15-34(6)26(20)21(38)16-24-33(5)14-12-25(40)32(3,4)30(33)22(39)17-35(24,34)7/h10,20,22-31,37,39-43H,9,11-18H2,1-8H3/t20-,22-,23+,24-,25+,26+,27+,28-,29+,30+,31-,33+,34-,35+,36+/m1/s1. The molecule has 1 heterocycles. The summed E-state index contributed by atoms with van der Waals surface area (Å²) in [6.07, 6.45) is -0.745. The number of carbonyl (C=O) groups is 1. The molecule has 45 heavy (non-hydrogen) atoms. The van der Waals surface area contributed by atoms with Crippen molar-refractivity contribution >= 4 is 5.78 Å². The molecule has 0 amide bonds. The fourth-order valence-corrected chi connectivity index (χ4v) is 11.7. The van der Waals surface area contributed by atoms with Gasteiger partial charge in [-0.15, -0.1) is 0 Å². The van der Waals surface area contributed by atoms with Crippen molar-refractivity contribution in [1.82, 2.24) is 0 Å². The third-order valence-corrected chi connectivity index (χ3v) is 14.2.